The van der Waals surface area contributed by atoms with Crippen molar-refractivity contribution in [3.05, 3.63) is 57.1 Å². The first-order chi connectivity index (χ1) is 12.9. The van der Waals surface area contributed by atoms with Gasteiger partial charge in [0.15, 0.2) is 0 Å². The average Bonchev–Trinajstić information content (AvgIpc) is 2.53. The van der Waals surface area contributed by atoms with Crippen molar-refractivity contribution in [2.45, 2.75) is 40.2 Å². The molecule has 2 aromatic rings. The molecule has 28 heavy (non-hydrogen) atoms. The first-order valence-electron chi connectivity index (χ1n) is 8.78. The van der Waals surface area contributed by atoms with Gasteiger partial charge in [-0.3, -0.25) is 9.10 Å². The zero-order chi connectivity index (χ0) is 21.2. The van der Waals surface area contributed by atoms with Crippen LogP contribution >= 0.6 is 23.2 Å². The zero-order valence-corrected chi connectivity index (χ0v) is 18.8. The van der Waals surface area contributed by atoms with Crippen LogP contribution in [0.25, 0.3) is 0 Å². The molecule has 0 aliphatic heterocycles. The van der Waals surface area contributed by atoms with Gasteiger partial charge in [-0.25, -0.2) is 8.42 Å². The quantitative estimate of drug-likeness (QED) is 0.676. The summed E-state index contributed by atoms with van der Waals surface area (Å²) in [6.07, 6.45) is 1.33. The minimum atomic E-state index is -3.77. The first kappa shape index (κ1) is 22.5. The number of benzene rings is 2. The molecule has 2 rings (SSSR count). The van der Waals surface area contributed by atoms with Gasteiger partial charge < -0.3 is 5.32 Å². The Bertz CT molecular complexity index is 963. The molecule has 0 saturated heterocycles. The number of amides is 1. The van der Waals surface area contributed by atoms with Crippen LogP contribution in [0.1, 0.15) is 30.0 Å². The lowest BCUT2D eigenvalue weighted by atomic mass is 10.0. The summed E-state index contributed by atoms with van der Waals surface area (Å²) in [5, 5.41) is 3.47. The maximum atomic E-state index is 13.1. The molecule has 0 aromatic heterocycles. The number of nitrogens with one attached hydrogen (secondary N) is 1. The van der Waals surface area contributed by atoms with Gasteiger partial charge in [0, 0.05) is 15.7 Å². The molecular weight excluding hydrogens is 419 g/mol. The Morgan fingerprint density at radius 1 is 1.04 bits per heavy atom. The highest BCUT2D eigenvalue weighted by molar-refractivity contribution is 7.92. The molecule has 0 unspecified atom stereocenters. The zero-order valence-electron chi connectivity index (χ0n) is 16.5. The van der Waals surface area contributed by atoms with Crippen LogP contribution in [-0.4, -0.2) is 26.6 Å². The van der Waals surface area contributed by atoms with E-state index in [9.17, 15) is 13.2 Å². The minimum Gasteiger partial charge on any atom is -0.324 e. The molecule has 2 aromatic carbocycles. The van der Waals surface area contributed by atoms with E-state index in [1.54, 1.807) is 6.92 Å². The van der Waals surface area contributed by atoms with Crippen molar-refractivity contribution < 1.29 is 13.2 Å². The van der Waals surface area contributed by atoms with Crippen molar-refractivity contribution >= 4 is 50.5 Å². The van der Waals surface area contributed by atoms with E-state index in [0.717, 1.165) is 27.3 Å². The second kappa shape index (κ2) is 8.72. The largest absolute Gasteiger partial charge is 0.324 e. The molecule has 0 radical (unpaired) electrons. The predicted molar refractivity (Wildman–Crippen MR) is 117 cm³/mol. The van der Waals surface area contributed by atoms with Crippen molar-refractivity contribution in [3.8, 4) is 0 Å². The molecule has 8 heteroatoms. The minimum absolute atomic E-state index is 0.249. The molecule has 152 valence electrons. The predicted octanol–water partition coefficient (Wildman–Crippen LogP) is 5.10. The van der Waals surface area contributed by atoms with Gasteiger partial charge in [-0.15, -0.1) is 0 Å². The van der Waals surface area contributed by atoms with E-state index in [0.29, 0.717) is 5.69 Å². The molecule has 0 heterocycles. The molecule has 0 aliphatic carbocycles. The number of nitrogens with zero attached hydrogens (tertiary/aromatic N) is 1. The Kier molecular flexibility index (Phi) is 7.02. The summed E-state index contributed by atoms with van der Waals surface area (Å²) in [5.41, 5.74) is 3.85. The average molecular weight is 443 g/mol. The van der Waals surface area contributed by atoms with Crippen molar-refractivity contribution in [3.63, 3.8) is 0 Å². The molecule has 0 bridgehead atoms. The molecule has 0 saturated carbocycles. The summed E-state index contributed by atoms with van der Waals surface area (Å²) in [5.74, 6) is -0.418. The number of carbonyl (C=O) groups is 1. The normalized spacial score (nSPS) is 12.5. The van der Waals surface area contributed by atoms with Crippen molar-refractivity contribution in [2.24, 2.45) is 0 Å². The van der Waals surface area contributed by atoms with Crippen LogP contribution in [0.3, 0.4) is 0 Å². The van der Waals surface area contributed by atoms with Gasteiger partial charge in [-0.05, 0) is 56.5 Å². The standard InChI is InChI=1S/C20H24Cl2N2O3S/c1-6-18(20(25)23-19-13(3)7-12(2)8-14(19)4)24(28(5,26)27)17-10-15(21)9-16(22)11-17/h7-11,18H,6H2,1-5H3,(H,23,25)/t18-/m1/s1. The number of aryl methyl sites for hydroxylation is 3. The first-order valence-corrected chi connectivity index (χ1v) is 11.4. The molecule has 1 atom stereocenters. The molecule has 0 aliphatic rings. The van der Waals surface area contributed by atoms with Crippen LogP contribution in [-0.2, 0) is 14.8 Å². The molecule has 1 N–H and O–H groups in total. The van der Waals surface area contributed by atoms with Gasteiger partial charge in [0.25, 0.3) is 0 Å². The second-order valence-electron chi connectivity index (χ2n) is 6.87. The molecule has 5 nitrogen and oxygen atoms in total. The Morgan fingerprint density at radius 2 is 1.54 bits per heavy atom. The van der Waals surface area contributed by atoms with Gasteiger partial charge in [0.2, 0.25) is 15.9 Å². The third-order valence-corrected chi connectivity index (χ3v) is 5.97. The van der Waals surface area contributed by atoms with Gasteiger partial charge in [-0.1, -0.05) is 47.8 Å². The maximum absolute atomic E-state index is 13.1. The highest BCUT2D eigenvalue weighted by Gasteiger charge is 2.32. The fourth-order valence-corrected chi connectivity index (χ4v) is 5.02. The number of rotatable bonds is 6. The highest BCUT2D eigenvalue weighted by Crippen LogP contribution is 2.30. The highest BCUT2D eigenvalue weighted by atomic mass is 35.5. The number of anilines is 2. The Balaban J connectivity index is 2.48. The number of carbonyl (C=O) groups excluding carboxylic acids is 1. The van der Waals surface area contributed by atoms with Crippen LogP contribution in [0.5, 0.6) is 0 Å². The van der Waals surface area contributed by atoms with E-state index in [1.165, 1.54) is 18.2 Å². The van der Waals surface area contributed by atoms with E-state index in [-0.39, 0.29) is 22.2 Å². The fraction of sp³-hybridized carbons (Fsp3) is 0.350. The lowest BCUT2D eigenvalue weighted by molar-refractivity contribution is -0.117. The van der Waals surface area contributed by atoms with E-state index >= 15 is 0 Å². The van der Waals surface area contributed by atoms with Crippen molar-refractivity contribution in [1.29, 1.82) is 0 Å². The van der Waals surface area contributed by atoms with E-state index in [2.05, 4.69) is 5.32 Å². The Labute approximate surface area is 176 Å². The second-order valence-corrected chi connectivity index (χ2v) is 9.61. The maximum Gasteiger partial charge on any atom is 0.248 e. The van der Waals surface area contributed by atoms with Crippen LogP contribution in [0, 0.1) is 20.8 Å². The van der Waals surface area contributed by atoms with Crippen molar-refractivity contribution in [2.75, 3.05) is 15.9 Å². The number of sulfonamides is 1. The Morgan fingerprint density at radius 3 is 1.96 bits per heavy atom. The van der Waals surface area contributed by atoms with E-state index in [4.69, 9.17) is 23.2 Å². The summed E-state index contributed by atoms with van der Waals surface area (Å²) >= 11 is 12.1. The summed E-state index contributed by atoms with van der Waals surface area (Å²) in [4.78, 5) is 13.1. The third kappa shape index (κ3) is 5.19. The molecule has 0 spiro atoms. The van der Waals surface area contributed by atoms with E-state index < -0.39 is 22.0 Å². The molecular formula is C20H24Cl2N2O3S. The summed E-state index contributed by atoms with van der Waals surface area (Å²) in [6.45, 7) is 7.54. The number of hydrogen-bond acceptors (Lipinski definition) is 3. The Hall–Kier alpha value is -1.76. The summed E-state index contributed by atoms with van der Waals surface area (Å²) in [6, 6.07) is 7.44. The van der Waals surface area contributed by atoms with Crippen molar-refractivity contribution in [1.82, 2.24) is 0 Å². The topological polar surface area (TPSA) is 66.5 Å². The summed E-state index contributed by atoms with van der Waals surface area (Å²) in [7, 11) is -3.77. The SMILES string of the molecule is CC[C@H](C(=O)Nc1c(C)cc(C)cc1C)N(c1cc(Cl)cc(Cl)c1)S(C)(=O)=O. The summed E-state index contributed by atoms with van der Waals surface area (Å²) < 4.78 is 26.2. The van der Waals surface area contributed by atoms with Gasteiger partial charge in [0.05, 0.1) is 11.9 Å². The van der Waals surface area contributed by atoms with Crippen LogP contribution in [0.4, 0.5) is 11.4 Å². The van der Waals surface area contributed by atoms with Crippen LogP contribution < -0.4 is 9.62 Å². The number of hydrogen-bond donors (Lipinski definition) is 1. The van der Waals surface area contributed by atoms with Crippen LogP contribution in [0.2, 0.25) is 10.0 Å². The van der Waals surface area contributed by atoms with Gasteiger partial charge >= 0.3 is 0 Å². The van der Waals surface area contributed by atoms with Crippen LogP contribution in [0.15, 0.2) is 30.3 Å². The fourth-order valence-electron chi connectivity index (χ4n) is 3.31. The van der Waals surface area contributed by atoms with Gasteiger partial charge in [-0.2, -0.15) is 0 Å². The third-order valence-electron chi connectivity index (χ3n) is 4.36. The molecule has 0 fully saturated rings. The number of halogens is 2. The monoisotopic (exact) mass is 442 g/mol. The molecule has 1 amide bonds. The van der Waals surface area contributed by atoms with E-state index in [1.807, 2.05) is 32.9 Å². The lowest BCUT2D eigenvalue weighted by Crippen LogP contribution is -2.47. The van der Waals surface area contributed by atoms with Gasteiger partial charge in [0.1, 0.15) is 6.04 Å². The smallest absolute Gasteiger partial charge is 0.248 e. The lowest BCUT2D eigenvalue weighted by Gasteiger charge is -2.30.